The van der Waals surface area contributed by atoms with Crippen molar-refractivity contribution in [1.82, 2.24) is 9.97 Å². The lowest BCUT2D eigenvalue weighted by molar-refractivity contribution is 0.105. The van der Waals surface area contributed by atoms with Crippen LogP contribution in [0.3, 0.4) is 0 Å². The van der Waals surface area contributed by atoms with E-state index >= 15 is 0 Å². The molecule has 6 heteroatoms. The second kappa shape index (κ2) is 4.49. The summed E-state index contributed by atoms with van der Waals surface area (Å²) in [6, 6.07) is 5.12. The molecule has 1 aromatic carbocycles. The number of hydrogen-bond donors (Lipinski definition) is 3. The maximum absolute atomic E-state index is 12.1. The van der Waals surface area contributed by atoms with Crippen molar-refractivity contribution in [2.24, 2.45) is 0 Å². The van der Waals surface area contributed by atoms with E-state index in [0.717, 1.165) is 6.42 Å². The third-order valence-corrected chi connectivity index (χ3v) is 4.02. The summed E-state index contributed by atoms with van der Waals surface area (Å²) in [4.78, 5) is 19.3. The van der Waals surface area contributed by atoms with Crippen LogP contribution >= 0.6 is 0 Å². The Balaban J connectivity index is 2.01. The van der Waals surface area contributed by atoms with Gasteiger partial charge in [0.1, 0.15) is 0 Å². The highest BCUT2D eigenvalue weighted by atomic mass is 16.5. The van der Waals surface area contributed by atoms with Crippen molar-refractivity contribution in [3.63, 3.8) is 0 Å². The van der Waals surface area contributed by atoms with Gasteiger partial charge in [0.15, 0.2) is 0 Å². The summed E-state index contributed by atoms with van der Waals surface area (Å²) in [5, 5.41) is 3.79. The van der Waals surface area contributed by atoms with Crippen LogP contribution in [-0.4, -0.2) is 28.2 Å². The molecule has 2 heterocycles. The van der Waals surface area contributed by atoms with Gasteiger partial charge in [-0.1, -0.05) is 0 Å². The van der Waals surface area contributed by atoms with Gasteiger partial charge in [0.2, 0.25) is 5.95 Å². The molecular weight excluding hydrogens is 256 g/mol. The molecule has 2 aromatic rings. The minimum absolute atomic E-state index is 0.0647. The Morgan fingerprint density at radius 1 is 1.55 bits per heavy atom. The summed E-state index contributed by atoms with van der Waals surface area (Å²) in [6.07, 6.45) is 0.937. The Labute approximate surface area is 116 Å². The Bertz CT molecular complexity index is 712. The fourth-order valence-electron chi connectivity index (χ4n) is 2.49. The van der Waals surface area contributed by atoms with E-state index in [2.05, 4.69) is 22.2 Å². The maximum Gasteiger partial charge on any atom is 0.260 e. The molecule has 1 aliphatic heterocycles. The Morgan fingerprint density at radius 3 is 3.05 bits per heavy atom. The molecule has 3 rings (SSSR count). The second-order valence-corrected chi connectivity index (χ2v) is 5.50. The normalized spacial score (nSPS) is 26.0. The van der Waals surface area contributed by atoms with Gasteiger partial charge in [-0.3, -0.25) is 9.78 Å². The zero-order chi connectivity index (χ0) is 14.3. The zero-order valence-corrected chi connectivity index (χ0v) is 11.6. The number of nitrogens with two attached hydrogens (primary N) is 1. The standard InChI is InChI=1S/C14H18N4O2/c1-8-14(2,5-6-20-8)18-13-16-11-4-3-9(15)7-10(11)12(19)17-13/h3-4,7-8H,5-6,15H2,1-2H3,(H2,16,17,18,19). The number of nitrogens with one attached hydrogen (secondary N) is 2. The molecule has 0 saturated carbocycles. The average molecular weight is 274 g/mol. The van der Waals surface area contributed by atoms with Gasteiger partial charge >= 0.3 is 0 Å². The highest BCUT2D eigenvalue weighted by Crippen LogP contribution is 2.28. The molecule has 4 N–H and O–H groups in total. The predicted molar refractivity (Wildman–Crippen MR) is 78.8 cm³/mol. The number of benzene rings is 1. The van der Waals surface area contributed by atoms with E-state index in [1.165, 1.54) is 0 Å². The van der Waals surface area contributed by atoms with E-state index in [9.17, 15) is 4.79 Å². The van der Waals surface area contributed by atoms with Gasteiger partial charge in [-0.05, 0) is 38.5 Å². The molecule has 1 aliphatic rings. The van der Waals surface area contributed by atoms with Crippen molar-refractivity contribution < 1.29 is 4.74 Å². The molecule has 0 aliphatic carbocycles. The monoisotopic (exact) mass is 274 g/mol. The van der Waals surface area contributed by atoms with E-state index in [0.29, 0.717) is 29.1 Å². The van der Waals surface area contributed by atoms with Crippen LogP contribution in [0.25, 0.3) is 10.9 Å². The largest absolute Gasteiger partial charge is 0.399 e. The van der Waals surface area contributed by atoms with Crippen LogP contribution in [0.15, 0.2) is 23.0 Å². The van der Waals surface area contributed by atoms with Crippen LogP contribution in [0.1, 0.15) is 20.3 Å². The predicted octanol–water partition coefficient (Wildman–Crippen LogP) is 1.48. The first-order valence-corrected chi connectivity index (χ1v) is 6.67. The highest BCUT2D eigenvalue weighted by molar-refractivity contribution is 5.81. The van der Waals surface area contributed by atoms with Crippen molar-refractivity contribution in [2.75, 3.05) is 17.7 Å². The number of rotatable bonds is 2. The number of hydrogen-bond acceptors (Lipinski definition) is 5. The molecule has 1 aromatic heterocycles. The van der Waals surface area contributed by atoms with E-state index in [1.807, 2.05) is 6.92 Å². The minimum atomic E-state index is -0.225. The van der Waals surface area contributed by atoms with Crippen molar-refractivity contribution in [3.05, 3.63) is 28.6 Å². The van der Waals surface area contributed by atoms with E-state index in [4.69, 9.17) is 10.5 Å². The highest BCUT2D eigenvalue weighted by Gasteiger charge is 2.37. The van der Waals surface area contributed by atoms with Crippen LogP contribution in [-0.2, 0) is 4.74 Å². The second-order valence-electron chi connectivity index (χ2n) is 5.50. The summed E-state index contributed by atoms with van der Waals surface area (Å²) in [5.41, 5.74) is 6.45. The molecule has 2 atom stereocenters. The van der Waals surface area contributed by atoms with Crippen molar-refractivity contribution >= 4 is 22.5 Å². The number of aromatic nitrogens is 2. The average Bonchev–Trinajstić information content (AvgIpc) is 2.70. The van der Waals surface area contributed by atoms with Crippen molar-refractivity contribution in [3.8, 4) is 0 Å². The number of fused-ring (bicyclic) bond motifs is 1. The SMILES string of the molecule is CC1OCCC1(C)Nc1nc2ccc(N)cc2c(=O)[nH]1. The summed E-state index contributed by atoms with van der Waals surface area (Å²) < 4.78 is 5.58. The van der Waals surface area contributed by atoms with Gasteiger partial charge in [0, 0.05) is 12.3 Å². The van der Waals surface area contributed by atoms with E-state index in [-0.39, 0.29) is 17.2 Å². The van der Waals surface area contributed by atoms with Gasteiger partial charge in [-0.25, -0.2) is 4.98 Å². The number of ether oxygens (including phenoxy) is 1. The molecule has 1 saturated heterocycles. The lowest BCUT2D eigenvalue weighted by Gasteiger charge is -2.29. The number of H-pyrrole nitrogens is 1. The Kier molecular flexibility index (Phi) is 2.90. The molecule has 0 radical (unpaired) electrons. The van der Waals surface area contributed by atoms with Crippen molar-refractivity contribution in [2.45, 2.75) is 31.9 Å². The van der Waals surface area contributed by atoms with E-state index < -0.39 is 0 Å². The Hall–Kier alpha value is -2.08. The topological polar surface area (TPSA) is 93.0 Å². The quantitative estimate of drug-likeness (QED) is 0.721. The molecule has 106 valence electrons. The third-order valence-electron chi connectivity index (χ3n) is 4.02. The van der Waals surface area contributed by atoms with E-state index in [1.54, 1.807) is 18.2 Å². The van der Waals surface area contributed by atoms with Crippen LogP contribution in [0.2, 0.25) is 0 Å². The maximum atomic E-state index is 12.1. The molecule has 0 amide bonds. The lowest BCUT2D eigenvalue weighted by Crippen LogP contribution is -2.42. The number of nitrogen functional groups attached to an aromatic ring is 1. The molecule has 0 bridgehead atoms. The summed E-state index contributed by atoms with van der Waals surface area (Å²) in [7, 11) is 0. The van der Waals surface area contributed by atoms with Gasteiger partial charge in [0.05, 0.1) is 22.5 Å². The lowest BCUT2D eigenvalue weighted by atomic mass is 9.95. The van der Waals surface area contributed by atoms with Crippen LogP contribution in [0.5, 0.6) is 0 Å². The summed E-state index contributed by atoms with van der Waals surface area (Å²) in [6.45, 7) is 4.79. The fraction of sp³-hybridized carbons (Fsp3) is 0.429. The third kappa shape index (κ3) is 2.12. The number of anilines is 2. The first kappa shape index (κ1) is 12.9. The van der Waals surface area contributed by atoms with Gasteiger partial charge in [-0.15, -0.1) is 0 Å². The fourth-order valence-corrected chi connectivity index (χ4v) is 2.49. The zero-order valence-electron chi connectivity index (χ0n) is 11.6. The smallest absolute Gasteiger partial charge is 0.260 e. The molecule has 1 fully saturated rings. The van der Waals surface area contributed by atoms with Crippen molar-refractivity contribution in [1.29, 1.82) is 0 Å². The molecular formula is C14H18N4O2. The minimum Gasteiger partial charge on any atom is -0.399 e. The summed E-state index contributed by atoms with van der Waals surface area (Å²) in [5.74, 6) is 0.465. The number of aromatic amines is 1. The van der Waals surface area contributed by atoms with Gasteiger partial charge in [0.25, 0.3) is 5.56 Å². The molecule has 0 spiro atoms. The first-order chi connectivity index (χ1) is 9.48. The molecule has 2 unspecified atom stereocenters. The molecule has 20 heavy (non-hydrogen) atoms. The van der Waals surface area contributed by atoms with Gasteiger partial charge < -0.3 is 15.8 Å². The Morgan fingerprint density at radius 2 is 2.35 bits per heavy atom. The van der Waals surface area contributed by atoms with Gasteiger partial charge in [-0.2, -0.15) is 0 Å². The first-order valence-electron chi connectivity index (χ1n) is 6.67. The number of nitrogens with zero attached hydrogens (tertiary/aromatic N) is 1. The molecule has 6 nitrogen and oxygen atoms in total. The van der Waals surface area contributed by atoms with Crippen LogP contribution in [0, 0.1) is 0 Å². The van der Waals surface area contributed by atoms with Crippen LogP contribution in [0.4, 0.5) is 11.6 Å². The summed E-state index contributed by atoms with van der Waals surface area (Å²) >= 11 is 0. The van der Waals surface area contributed by atoms with Crippen LogP contribution < -0.4 is 16.6 Å².